The molecule has 1 N–H and O–H groups in total. The number of carbonyl (C=O) groups is 1. The lowest BCUT2D eigenvalue weighted by Gasteiger charge is -2.22. The first-order valence-electron chi connectivity index (χ1n) is 8.75. The molecule has 0 amide bonds. The number of carboxylic acid groups (broad SMARTS) is 1. The fourth-order valence-electron chi connectivity index (χ4n) is 2.48. The largest absolute Gasteiger partial charge is 0.478 e. The Morgan fingerprint density at radius 2 is 1.33 bits per heavy atom. The maximum atomic E-state index is 10.7. The van der Waals surface area contributed by atoms with Crippen LogP contribution in [0.5, 0.6) is 0 Å². The van der Waals surface area contributed by atoms with Crippen molar-refractivity contribution in [2.45, 2.75) is 78.1 Å². The second kappa shape index (κ2) is 14.1. The molecule has 3 nitrogen and oxygen atoms in total. The number of aliphatic carboxylic acids is 1. The van der Waals surface area contributed by atoms with E-state index in [0.29, 0.717) is 12.0 Å². The van der Waals surface area contributed by atoms with Gasteiger partial charge in [0, 0.05) is 5.57 Å². The van der Waals surface area contributed by atoms with Crippen LogP contribution in [0, 0.1) is 0 Å². The first-order valence-corrected chi connectivity index (χ1v) is 8.75. The van der Waals surface area contributed by atoms with E-state index in [1.807, 2.05) is 0 Å². The number of carboxylic acids is 1. The van der Waals surface area contributed by atoms with Gasteiger partial charge >= 0.3 is 5.97 Å². The maximum Gasteiger partial charge on any atom is 0.330 e. The van der Waals surface area contributed by atoms with Crippen molar-refractivity contribution in [2.24, 2.45) is 0 Å². The van der Waals surface area contributed by atoms with Gasteiger partial charge in [0.25, 0.3) is 0 Å². The van der Waals surface area contributed by atoms with Crippen molar-refractivity contribution in [1.82, 2.24) is 4.90 Å². The summed E-state index contributed by atoms with van der Waals surface area (Å²) in [5, 5.41) is 8.84. The van der Waals surface area contributed by atoms with Crippen LogP contribution in [-0.4, -0.2) is 35.6 Å². The van der Waals surface area contributed by atoms with Crippen LogP contribution in [0.4, 0.5) is 0 Å². The molecule has 0 bridgehead atoms. The lowest BCUT2D eigenvalue weighted by Crippen LogP contribution is -2.27. The van der Waals surface area contributed by atoms with Crippen molar-refractivity contribution < 1.29 is 9.90 Å². The lowest BCUT2D eigenvalue weighted by atomic mass is 10.1. The summed E-state index contributed by atoms with van der Waals surface area (Å²) in [4.78, 5) is 13.3. The zero-order valence-corrected chi connectivity index (χ0v) is 14.2. The number of rotatable bonds is 15. The van der Waals surface area contributed by atoms with E-state index in [9.17, 15) is 4.79 Å². The molecule has 0 aliphatic rings. The summed E-state index contributed by atoms with van der Waals surface area (Å²) in [6, 6.07) is 0. The summed E-state index contributed by atoms with van der Waals surface area (Å²) >= 11 is 0. The van der Waals surface area contributed by atoms with Crippen LogP contribution in [0.15, 0.2) is 12.2 Å². The Morgan fingerprint density at radius 1 is 0.857 bits per heavy atom. The van der Waals surface area contributed by atoms with Crippen molar-refractivity contribution in [2.75, 3.05) is 19.6 Å². The standard InChI is InChI=1S/C18H35NO2/c1-4-6-8-10-14-19(15-11-9-7-5-2)16-12-13-17(3)18(20)21/h3-16H2,1-2H3,(H,20,21). The van der Waals surface area contributed by atoms with Crippen LogP contribution in [0.25, 0.3) is 0 Å². The second-order valence-electron chi connectivity index (χ2n) is 5.98. The minimum Gasteiger partial charge on any atom is -0.478 e. The summed E-state index contributed by atoms with van der Waals surface area (Å²) in [6.45, 7) is 11.4. The highest BCUT2D eigenvalue weighted by atomic mass is 16.4. The van der Waals surface area contributed by atoms with Crippen LogP contribution in [-0.2, 0) is 4.79 Å². The Bertz CT molecular complexity index is 264. The van der Waals surface area contributed by atoms with E-state index in [1.165, 1.54) is 51.4 Å². The minimum absolute atomic E-state index is 0.340. The summed E-state index contributed by atoms with van der Waals surface area (Å²) in [5.74, 6) is -0.854. The van der Waals surface area contributed by atoms with Gasteiger partial charge in [-0.2, -0.15) is 0 Å². The first kappa shape index (κ1) is 20.2. The van der Waals surface area contributed by atoms with Crippen molar-refractivity contribution in [3.8, 4) is 0 Å². The fourth-order valence-corrected chi connectivity index (χ4v) is 2.48. The molecule has 0 unspecified atom stereocenters. The Morgan fingerprint density at radius 3 is 1.76 bits per heavy atom. The molecule has 124 valence electrons. The Balaban J connectivity index is 3.92. The van der Waals surface area contributed by atoms with Crippen LogP contribution in [0.3, 0.4) is 0 Å². The highest BCUT2D eigenvalue weighted by Crippen LogP contribution is 2.09. The van der Waals surface area contributed by atoms with Gasteiger partial charge in [0.1, 0.15) is 0 Å². The SMILES string of the molecule is C=C(CCCN(CCCCCC)CCCCCC)C(=O)O. The molecule has 0 atom stereocenters. The van der Waals surface area contributed by atoms with E-state index in [-0.39, 0.29) is 0 Å². The predicted octanol–water partition coefficient (Wildman–Crippen LogP) is 4.87. The van der Waals surface area contributed by atoms with Gasteiger partial charge in [0.2, 0.25) is 0 Å². The molecule has 0 spiro atoms. The highest BCUT2D eigenvalue weighted by Gasteiger charge is 2.07. The lowest BCUT2D eigenvalue weighted by molar-refractivity contribution is -0.132. The Hall–Kier alpha value is -0.830. The molecule has 0 saturated heterocycles. The van der Waals surface area contributed by atoms with Gasteiger partial charge in [-0.05, 0) is 45.3 Å². The maximum absolute atomic E-state index is 10.7. The van der Waals surface area contributed by atoms with Crippen LogP contribution in [0.1, 0.15) is 78.1 Å². The van der Waals surface area contributed by atoms with Crippen molar-refractivity contribution in [3.63, 3.8) is 0 Å². The van der Waals surface area contributed by atoms with Crippen LogP contribution < -0.4 is 0 Å². The third kappa shape index (κ3) is 12.6. The zero-order valence-electron chi connectivity index (χ0n) is 14.2. The van der Waals surface area contributed by atoms with Crippen LogP contribution >= 0.6 is 0 Å². The number of hydrogen-bond donors (Lipinski definition) is 1. The molecule has 0 aliphatic carbocycles. The first-order chi connectivity index (χ1) is 10.1. The molecule has 0 radical (unpaired) electrons. The molecule has 0 heterocycles. The summed E-state index contributed by atoms with van der Waals surface area (Å²) in [6.07, 6.45) is 11.8. The fraction of sp³-hybridized carbons (Fsp3) is 0.833. The molecule has 0 fully saturated rings. The summed E-state index contributed by atoms with van der Waals surface area (Å²) in [7, 11) is 0. The smallest absolute Gasteiger partial charge is 0.330 e. The molecular weight excluding hydrogens is 262 g/mol. The summed E-state index contributed by atoms with van der Waals surface area (Å²) < 4.78 is 0. The molecule has 0 saturated carbocycles. The van der Waals surface area contributed by atoms with Crippen molar-refractivity contribution in [1.29, 1.82) is 0 Å². The Labute approximate surface area is 131 Å². The minimum atomic E-state index is -0.854. The third-order valence-electron chi connectivity index (χ3n) is 3.91. The Kier molecular flexibility index (Phi) is 13.6. The normalized spacial score (nSPS) is 11.0. The molecule has 0 aromatic carbocycles. The summed E-state index contributed by atoms with van der Waals surface area (Å²) in [5.41, 5.74) is 0.340. The van der Waals surface area contributed by atoms with E-state index >= 15 is 0 Å². The van der Waals surface area contributed by atoms with Crippen molar-refractivity contribution in [3.05, 3.63) is 12.2 Å². The third-order valence-corrected chi connectivity index (χ3v) is 3.91. The number of unbranched alkanes of at least 4 members (excludes halogenated alkanes) is 6. The topological polar surface area (TPSA) is 40.5 Å². The zero-order chi connectivity index (χ0) is 15.9. The second-order valence-corrected chi connectivity index (χ2v) is 5.98. The van der Waals surface area contributed by atoms with Gasteiger partial charge in [0.15, 0.2) is 0 Å². The highest BCUT2D eigenvalue weighted by molar-refractivity contribution is 5.85. The van der Waals surface area contributed by atoms with Crippen LogP contribution in [0.2, 0.25) is 0 Å². The average molecular weight is 297 g/mol. The molecule has 0 aliphatic heterocycles. The van der Waals surface area contributed by atoms with E-state index in [0.717, 1.165) is 26.1 Å². The number of hydrogen-bond acceptors (Lipinski definition) is 2. The molecule has 21 heavy (non-hydrogen) atoms. The molecular formula is C18H35NO2. The van der Waals surface area contributed by atoms with Gasteiger partial charge in [-0.25, -0.2) is 4.79 Å². The van der Waals surface area contributed by atoms with Gasteiger partial charge in [0.05, 0.1) is 0 Å². The molecule has 0 rings (SSSR count). The van der Waals surface area contributed by atoms with E-state index < -0.39 is 5.97 Å². The van der Waals surface area contributed by atoms with Crippen molar-refractivity contribution >= 4 is 5.97 Å². The molecule has 0 aromatic heterocycles. The van der Waals surface area contributed by atoms with E-state index in [4.69, 9.17) is 5.11 Å². The average Bonchev–Trinajstić information content (AvgIpc) is 2.46. The monoisotopic (exact) mass is 297 g/mol. The quantitative estimate of drug-likeness (QED) is 0.346. The van der Waals surface area contributed by atoms with Gasteiger partial charge in [-0.3, -0.25) is 0 Å². The molecule has 3 heteroatoms. The number of nitrogens with zero attached hydrogens (tertiary/aromatic N) is 1. The predicted molar refractivity (Wildman–Crippen MR) is 90.7 cm³/mol. The van der Waals surface area contributed by atoms with E-state index in [2.05, 4.69) is 25.3 Å². The van der Waals surface area contributed by atoms with Gasteiger partial charge in [-0.15, -0.1) is 0 Å². The molecule has 0 aromatic rings. The van der Waals surface area contributed by atoms with E-state index in [1.54, 1.807) is 0 Å². The van der Waals surface area contributed by atoms with Gasteiger partial charge in [-0.1, -0.05) is 59.0 Å². The van der Waals surface area contributed by atoms with Gasteiger partial charge < -0.3 is 10.0 Å².